The maximum Gasteiger partial charge on any atom is 0.224 e. The van der Waals surface area contributed by atoms with Gasteiger partial charge in [-0.15, -0.1) is 0 Å². The van der Waals surface area contributed by atoms with Gasteiger partial charge in [0.05, 0.1) is 0 Å². The molecule has 0 spiro atoms. The van der Waals surface area contributed by atoms with Gasteiger partial charge in [-0.05, 0) is 25.7 Å². The lowest BCUT2D eigenvalue weighted by molar-refractivity contribution is -0.131. The number of carbonyl (C=O) groups is 1. The van der Waals surface area contributed by atoms with Crippen molar-refractivity contribution in [1.29, 1.82) is 0 Å². The van der Waals surface area contributed by atoms with Crippen LogP contribution in [0.4, 0.5) is 0 Å². The molecule has 0 heterocycles. The van der Waals surface area contributed by atoms with Gasteiger partial charge in [0.2, 0.25) is 5.91 Å². The summed E-state index contributed by atoms with van der Waals surface area (Å²) in [6.07, 6.45) is 1.36. The first-order valence-corrected chi connectivity index (χ1v) is 5.83. The van der Waals surface area contributed by atoms with Crippen molar-refractivity contribution >= 4 is 5.91 Å². The van der Waals surface area contributed by atoms with Gasteiger partial charge >= 0.3 is 0 Å². The Kier molecular flexibility index (Phi) is 5.88. The fraction of sp³-hybridized carbons (Fsp3) is 0.917. The molecule has 1 unspecified atom stereocenters. The molecule has 0 fully saturated rings. The van der Waals surface area contributed by atoms with Crippen molar-refractivity contribution < 1.29 is 4.79 Å². The highest BCUT2D eigenvalue weighted by molar-refractivity contribution is 5.76. The molecule has 0 aromatic heterocycles. The lowest BCUT2D eigenvalue weighted by Crippen LogP contribution is -2.37. The van der Waals surface area contributed by atoms with Gasteiger partial charge in [-0.25, -0.2) is 0 Å². The molecule has 0 aromatic carbocycles. The van der Waals surface area contributed by atoms with Crippen molar-refractivity contribution in [2.45, 2.75) is 53.5 Å². The summed E-state index contributed by atoms with van der Waals surface area (Å²) in [6.45, 7) is 12.0. The number of nitrogens with zero attached hydrogens (tertiary/aromatic N) is 1. The van der Waals surface area contributed by atoms with Crippen LogP contribution in [-0.2, 0) is 4.79 Å². The Bertz CT molecular complexity index is 192. The average Bonchev–Trinajstić information content (AvgIpc) is 2.02. The molecule has 0 rings (SSSR count). The number of hydrogen-bond donors (Lipinski definition) is 1. The van der Waals surface area contributed by atoms with E-state index in [0.717, 1.165) is 19.5 Å². The molecular weight excluding hydrogens is 188 g/mol. The summed E-state index contributed by atoms with van der Waals surface area (Å²) in [5.74, 6) is 0.178. The van der Waals surface area contributed by atoms with Crippen LogP contribution < -0.4 is 5.73 Å². The van der Waals surface area contributed by atoms with Gasteiger partial charge in [0.25, 0.3) is 0 Å². The van der Waals surface area contributed by atoms with Gasteiger partial charge in [0.15, 0.2) is 0 Å². The van der Waals surface area contributed by atoms with E-state index in [0.29, 0.717) is 6.42 Å². The first-order chi connectivity index (χ1) is 6.80. The molecular formula is C12H26N2O. The Balaban J connectivity index is 4.06. The second-order valence-electron chi connectivity index (χ2n) is 5.30. The van der Waals surface area contributed by atoms with E-state index in [1.807, 2.05) is 18.7 Å². The molecule has 3 heteroatoms. The minimum Gasteiger partial charge on any atom is -0.343 e. The van der Waals surface area contributed by atoms with Crippen molar-refractivity contribution in [3.63, 3.8) is 0 Å². The van der Waals surface area contributed by atoms with Crippen LogP contribution in [-0.4, -0.2) is 29.9 Å². The minimum absolute atomic E-state index is 0.0156. The van der Waals surface area contributed by atoms with Crippen LogP contribution in [0, 0.1) is 5.41 Å². The third-order valence-corrected chi connectivity index (χ3v) is 2.43. The quantitative estimate of drug-likeness (QED) is 0.761. The number of carbonyl (C=O) groups excluding carboxylic acids is 1. The monoisotopic (exact) mass is 214 g/mol. The van der Waals surface area contributed by atoms with Crippen LogP contribution in [0.1, 0.15) is 47.5 Å². The SMILES string of the molecule is CCN(CC)C(=O)CC(N)CC(C)(C)C. The number of rotatable bonds is 5. The maximum absolute atomic E-state index is 11.7. The summed E-state index contributed by atoms with van der Waals surface area (Å²) in [5, 5.41) is 0. The van der Waals surface area contributed by atoms with E-state index in [2.05, 4.69) is 20.8 Å². The zero-order chi connectivity index (χ0) is 12.1. The van der Waals surface area contributed by atoms with E-state index >= 15 is 0 Å². The number of hydrogen-bond acceptors (Lipinski definition) is 2. The van der Waals surface area contributed by atoms with Gasteiger partial charge < -0.3 is 10.6 Å². The molecule has 0 aliphatic rings. The van der Waals surface area contributed by atoms with Gasteiger partial charge in [0, 0.05) is 25.6 Å². The lowest BCUT2D eigenvalue weighted by Gasteiger charge is -2.25. The molecule has 0 saturated heterocycles. The normalized spacial score (nSPS) is 13.7. The van der Waals surface area contributed by atoms with Crippen molar-refractivity contribution in [3.8, 4) is 0 Å². The van der Waals surface area contributed by atoms with Gasteiger partial charge in [-0.1, -0.05) is 20.8 Å². The average molecular weight is 214 g/mol. The molecule has 90 valence electrons. The predicted molar refractivity (Wildman–Crippen MR) is 64.6 cm³/mol. The topological polar surface area (TPSA) is 46.3 Å². The van der Waals surface area contributed by atoms with E-state index in [1.165, 1.54) is 0 Å². The summed E-state index contributed by atoms with van der Waals surface area (Å²) >= 11 is 0. The molecule has 0 radical (unpaired) electrons. The second-order valence-corrected chi connectivity index (χ2v) is 5.30. The molecule has 1 amide bonds. The Morgan fingerprint density at radius 3 is 2.07 bits per heavy atom. The molecule has 2 N–H and O–H groups in total. The summed E-state index contributed by atoms with van der Waals surface area (Å²) in [4.78, 5) is 13.6. The third-order valence-electron chi connectivity index (χ3n) is 2.43. The van der Waals surface area contributed by atoms with Gasteiger partial charge in [-0.2, -0.15) is 0 Å². The Hall–Kier alpha value is -0.570. The van der Waals surface area contributed by atoms with Crippen molar-refractivity contribution in [2.24, 2.45) is 11.1 Å². The maximum atomic E-state index is 11.7. The van der Waals surface area contributed by atoms with E-state index in [4.69, 9.17) is 5.73 Å². The van der Waals surface area contributed by atoms with E-state index in [-0.39, 0.29) is 17.4 Å². The molecule has 0 aromatic rings. The lowest BCUT2D eigenvalue weighted by atomic mass is 9.87. The highest BCUT2D eigenvalue weighted by atomic mass is 16.2. The van der Waals surface area contributed by atoms with E-state index < -0.39 is 0 Å². The molecule has 1 atom stereocenters. The first kappa shape index (κ1) is 14.4. The first-order valence-electron chi connectivity index (χ1n) is 5.83. The molecule has 3 nitrogen and oxygen atoms in total. The number of amides is 1. The predicted octanol–water partition coefficient (Wildman–Crippen LogP) is 2.01. The fourth-order valence-electron chi connectivity index (χ4n) is 1.79. The Morgan fingerprint density at radius 2 is 1.73 bits per heavy atom. The Morgan fingerprint density at radius 1 is 1.27 bits per heavy atom. The largest absolute Gasteiger partial charge is 0.343 e. The van der Waals surface area contributed by atoms with Gasteiger partial charge in [0.1, 0.15) is 0 Å². The summed E-state index contributed by atoms with van der Waals surface area (Å²) in [7, 11) is 0. The minimum atomic E-state index is -0.0156. The van der Waals surface area contributed by atoms with Crippen LogP contribution >= 0.6 is 0 Å². The van der Waals surface area contributed by atoms with Crippen LogP contribution in [0.15, 0.2) is 0 Å². The van der Waals surface area contributed by atoms with Crippen LogP contribution in [0.25, 0.3) is 0 Å². The van der Waals surface area contributed by atoms with Crippen LogP contribution in [0.3, 0.4) is 0 Å². The molecule has 0 aliphatic heterocycles. The van der Waals surface area contributed by atoms with E-state index in [1.54, 1.807) is 0 Å². The molecule has 0 aliphatic carbocycles. The summed E-state index contributed by atoms with van der Waals surface area (Å²) in [5.41, 5.74) is 6.16. The van der Waals surface area contributed by atoms with Crippen molar-refractivity contribution in [1.82, 2.24) is 4.90 Å². The highest BCUT2D eigenvalue weighted by Gasteiger charge is 2.19. The zero-order valence-corrected chi connectivity index (χ0v) is 10.8. The summed E-state index contributed by atoms with van der Waals surface area (Å²) in [6, 6.07) is -0.0156. The van der Waals surface area contributed by atoms with Crippen LogP contribution in [0.2, 0.25) is 0 Å². The molecule has 0 bridgehead atoms. The standard InChI is InChI=1S/C12H26N2O/c1-6-14(7-2)11(15)8-10(13)9-12(3,4)5/h10H,6-9,13H2,1-5H3. The Labute approximate surface area is 94.0 Å². The zero-order valence-electron chi connectivity index (χ0n) is 10.8. The smallest absolute Gasteiger partial charge is 0.224 e. The number of nitrogens with two attached hydrogens (primary N) is 1. The third kappa shape index (κ3) is 6.50. The molecule has 0 saturated carbocycles. The summed E-state index contributed by atoms with van der Waals surface area (Å²) < 4.78 is 0. The fourth-order valence-corrected chi connectivity index (χ4v) is 1.79. The van der Waals surface area contributed by atoms with Crippen molar-refractivity contribution in [2.75, 3.05) is 13.1 Å². The van der Waals surface area contributed by atoms with Crippen molar-refractivity contribution in [3.05, 3.63) is 0 Å². The van der Waals surface area contributed by atoms with E-state index in [9.17, 15) is 4.79 Å². The highest BCUT2D eigenvalue weighted by Crippen LogP contribution is 2.21. The second kappa shape index (κ2) is 6.11. The van der Waals surface area contributed by atoms with Crippen LogP contribution in [0.5, 0.6) is 0 Å². The molecule has 15 heavy (non-hydrogen) atoms. The van der Waals surface area contributed by atoms with Gasteiger partial charge in [-0.3, -0.25) is 4.79 Å².